The van der Waals surface area contributed by atoms with E-state index in [4.69, 9.17) is 5.26 Å². The molecular weight excluding hydrogens is 386 g/mol. The number of amides is 1. The summed E-state index contributed by atoms with van der Waals surface area (Å²) in [6.45, 7) is 3.54. The molecule has 0 radical (unpaired) electrons. The molecule has 0 saturated heterocycles. The molecule has 3 rings (SSSR count). The van der Waals surface area contributed by atoms with E-state index in [1.165, 1.54) is 6.07 Å². The highest BCUT2D eigenvalue weighted by molar-refractivity contribution is 7.92. The fourth-order valence-corrected chi connectivity index (χ4v) is 4.14. The Morgan fingerprint density at radius 2 is 1.66 bits per heavy atom. The predicted molar refractivity (Wildman–Crippen MR) is 112 cm³/mol. The monoisotopic (exact) mass is 405 g/mol. The van der Waals surface area contributed by atoms with E-state index in [2.05, 4.69) is 10.0 Å². The Morgan fingerprint density at radius 1 is 0.931 bits per heavy atom. The Hall–Kier alpha value is -3.63. The van der Waals surface area contributed by atoms with E-state index in [1.807, 2.05) is 19.1 Å². The number of sulfonamides is 1. The van der Waals surface area contributed by atoms with Crippen LogP contribution in [0.1, 0.15) is 27.0 Å². The minimum absolute atomic E-state index is 0.0254. The van der Waals surface area contributed by atoms with Crippen molar-refractivity contribution in [2.24, 2.45) is 0 Å². The first-order valence-corrected chi connectivity index (χ1v) is 10.3. The molecule has 29 heavy (non-hydrogen) atoms. The maximum absolute atomic E-state index is 12.9. The normalized spacial score (nSPS) is 10.8. The number of nitrogens with zero attached hydrogens (tertiary/aromatic N) is 1. The number of anilines is 2. The Morgan fingerprint density at radius 3 is 2.38 bits per heavy atom. The van der Waals surface area contributed by atoms with Crippen LogP contribution < -0.4 is 10.0 Å². The van der Waals surface area contributed by atoms with E-state index in [0.717, 1.165) is 5.56 Å². The van der Waals surface area contributed by atoms with Gasteiger partial charge in [-0.05, 0) is 67.4 Å². The van der Waals surface area contributed by atoms with Crippen LogP contribution in [0, 0.1) is 25.2 Å². The van der Waals surface area contributed by atoms with Gasteiger partial charge in [0.1, 0.15) is 0 Å². The van der Waals surface area contributed by atoms with Crippen molar-refractivity contribution in [1.29, 1.82) is 5.26 Å². The van der Waals surface area contributed by atoms with Crippen LogP contribution in [0.5, 0.6) is 0 Å². The topological polar surface area (TPSA) is 99.1 Å². The molecule has 0 aliphatic carbocycles. The number of carbonyl (C=O) groups excluding carboxylic acids is 1. The largest absolute Gasteiger partial charge is 0.322 e. The summed E-state index contributed by atoms with van der Waals surface area (Å²) < 4.78 is 28.3. The molecular formula is C22H19N3O3S. The summed E-state index contributed by atoms with van der Waals surface area (Å²) in [5.41, 5.74) is 2.97. The van der Waals surface area contributed by atoms with Gasteiger partial charge in [0.05, 0.1) is 16.5 Å². The maximum atomic E-state index is 12.9. The lowest BCUT2D eigenvalue weighted by atomic mass is 10.1. The number of benzene rings is 3. The quantitative estimate of drug-likeness (QED) is 0.663. The van der Waals surface area contributed by atoms with Crippen molar-refractivity contribution >= 4 is 27.3 Å². The second kappa shape index (κ2) is 8.17. The van der Waals surface area contributed by atoms with Crippen LogP contribution in [0.2, 0.25) is 0 Å². The molecule has 0 aliphatic rings. The van der Waals surface area contributed by atoms with Crippen molar-refractivity contribution < 1.29 is 13.2 Å². The molecule has 0 aromatic heterocycles. The summed E-state index contributed by atoms with van der Waals surface area (Å²) in [5, 5.41) is 11.7. The van der Waals surface area contributed by atoms with Crippen LogP contribution in [0.3, 0.4) is 0 Å². The smallest absolute Gasteiger partial charge is 0.262 e. The minimum Gasteiger partial charge on any atom is -0.322 e. The van der Waals surface area contributed by atoms with Crippen molar-refractivity contribution in [1.82, 2.24) is 0 Å². The Balaban J connectivity index is 1.89. The van der Waals surface area contributed by atoms with Gasteiger partial charge in [-0.1, -0.05) is 24.3 Å². The Bertz CT molecular complexity index is 1230. The van der Waals surface area contributed by atoms with Gasteiger partial charge >= 0.3 is 0 Å². The molecule has 3 aromatic rings. The molecule has 0 bridgehead atoms. The average Bonchev–Trinajstić information content (AvgIpc) is 2.68. The van der Waals surface area contributed by atoms with Gasteiger partial charge in [-0.2, -0.15) is 5.26 Å². The molecule has 7 heteroatoms. The zero-order valence-corrected chi connectivity index (χ0v) is 16.7. The molecule has 0 aliphatic heterocycles. The third-order valence-corrected chi connectivity index (χ3v) is 5.78. The van der Waals surface area contributed by atoms with Crippen molar-refractivity contribution in [2.75, 3.05) is 10.0 Å². The van der Waals surface area contributed by atoms with Crippen LogP contribution in [0.15, 0.2) is 71.6 Å². The third kappa shape index (κ3) is 4.81. The number of carbonyl (C=O) groups is 1. The molecule has 0 atom stereocenters. The number of nitrogens with one attached hydrogen (secondary N) is 2. The summed E-state index contributed by atoms with van der Waals surface area (Å²) >= 11 is 0. The maximum Gasteiger partial charge on any atom is 0.262 e. The standard InChI is InChI=1S/C22H19N3O3S/c1-15-5-3-8-20(11-15)25-29(27,28)21-13-18(10-9-16(21)2)22(26)24-19-7-4-6-17(12-19)14-23/h3-13,25H,1-2H3,(H,24,26). The molecule has 0 saturated carbocycles. The summed E-state index contributed by atoms with van der Waals surface area (Å²) in [4.78, 5) is 12.6. The van der Waals surface area contributed by atoms with Gasteiger partial charge in [0.25, 0.3) is 15.9 Å². The number of hydrogen-bond donors (Lipinski definition) is 2. The number of nitriles is 1. The van der Waals surface area contributed by atoms with Gasteiger partial charge in [-0.25, -0.2) is 8.42 Å². The first kappa shape index (κ1) is 20.1. The number of rotatable bonds is 5. The Kier molecular flexibility index (Phi) is 5.66. The zero-order valence-electron chi connectivity index (χ0n) is 15.9. The van der Waals surface area contributed by atoms with Crippen LogP contribution in [-0.2, 0) is 10.0 Å². The fourth-order valence-electron chi connectivity index (χ4n) is 2.82. The summed E-state index contributed by atoms with van der Waals surface area (Å²) in [6.07, 6.45) is 0. The van der Waals surface area contributed by atoms with Crippen molar-refractivity contribution in [3.8, 4) is 6.07 Å². The first-order chi connectivity index (χ1) is 13.8. The molecule has 0 unspecified atom stereocenters. The van der Waals surface area contributed by atoms with Crippen molar-refractivity contribution in [2.45, 2.75) is 18.7 Å². The number of hydrogen-bond acceptors (Lipinski definition) is 4. The SMILES string of the molecule is Cc1cccc(NS(=O)(=O)c2cc(C(=O)Nc3cccc(C#N)c3)ccc2C)c1. The molecule has 6 nitrogen and oxygen atoms in total. The van der Waals surface area contributed by atoms with Crippen LogP contribution >= 0.6 is 0 Å². The molecule has 0 spiro atoms. The van der Waals surface area contributed by atoms with Gasteiger partial charge in [-0.3, -0.25) is 9.52 Å². The van der Waals surface area contributed by atoms with E-state index in [0.29, 0.717) is 22.5 Å². The second-order valence-corrected chi connectivity index (χ2v) is 8.25. The van der Waals surface area contributed by atoms with Crippen molar-refractivity contribution in [3.63, 3.8) is 0 Å². The first-order valence-electron chi connectivity index (χ1n) is 8.80. The van der Waals surface area contributed by atoms with Gasteiger partial charge in [0, 0.05) is 16.9 Å². The highest BCUT2D eigenvalue weighted by atomic mass is 32.2. The van der Waals surface area contributed by atoms with Crippen LogP contribution in [0.4, 0.5) is 11.4 Å². The Labute approximate surface area is 169 Å². The van der Waals surface area contributed by atoms with E-state index in [1.54, 1.807) is 61.5 Å². The summed E-state index contributed by atoms with van der Waals surface area (Å²) in [7, 11) is -3.87. The second-order valence-electron chi connectivity index (χ2n) is 6.60. The van der Waals surface area contributed by atoms with Gasteiger partial charge in [-0.15, -0.1) is 0 Å². The molecule has 0 heterocycles. The van der Waals surface area contributed by atoms with E-state index in [9.17, 15) is 13.2 Å². The highest BCUT2D eigenvalue weighted by Crippen LogP contribution is 2.22. The van der Waals surface area contributed by atoms with Gasteiger partial charge in [0.2, 0.25) is 0 Å². The minimum atomic E-state index is -3.87. The molecule has 146 valence electrons. The lowest BCUT2D eigenvalue weighted by molar-refractivity contribution is 0.102. The average molecular weight is 405 g/mol. The summed E-state index contributed by atoms with van der Waals surface area (Å²) in [5.74, 6) is -0.466. The van der Waals surface area contributed by atoms with E-state index in [-0.39, 0.29) is 10.5 Å². The van der Waals surface area contributed by atoms with Gasteiger partial charge < -0.3 is 5.32 Å². The third-order valence-electron chi connectivity index (χ3n) is 4.26. The highest BCUT2D eigenvalue weighted by Gasteiger charge is 2.19. The molecule has 0 fully saturated rings. The lowest BCUT2D eigenvalue weighted by Gasteiger charge is -2.13. The van der Waals surface area contributed by atoms with Crippen molar-refractivity contribution in [3.05, 3.63) is 89.0 Å². The van der Waals surface area contributed by atoms with Gasteiger partial charge in [0.15, 0.2) is 0 Å². The number of aryl methyl sites for hydroxylation is 2. The van der Waals surface area contributed by atoms with E-state index < -0.39 is 15.9 Å². The zero-order chi connectivity index (χ0) is 21.0. The lowest BCUT2D eigenvalue weighted by Crippen LogP contribution is -2.17. The predicted octanol–water partition coefficient (Wildman–Crippen LogP) is 4.23. The van der Waals surface area contributed by atoms with Crippen LogP contribution in [0.25, 0.3) is 0 Å². The molecule has 2 N–H and O–H groups in total. The van der Waals surface area contributed by atoms with Crippen LogP contribution in [-0.4, -0.2) is 14.3 Å². The summed E-state index contributed by atoms with van der Waals surface area (Å²) in [6, 6.07) is 20.0. The fraction of sp³-hybridized carbons (Fsp3) is 0.0909. The molecule has 3 aromatic carbocycles. The molecule has 1 amide bonds. The van der Waals surface area contributed by atoms with E-state index >= 15 is 0 Å².